The van der Waals surface area contributed by atoms with Crippen LogP contribution in [0.1, 0.15) is 44.5 Å². The van der Waals surface area contributed by atoms with E-state index >= 15 is 0 Å². The zero-order valence-electron chi connectivity index (χ0n) is 60.7. The number of aromatic nitrogens is 4. The highest BCUT2D eigenvalue weighted by Gasteiger charge is 2.48. The average molecular weight is 1430 g/mol. The molecule has 522 valence electrons. The van der Waals surface area contributed by atoms with Crippen LogP contribution in [0.3, 0.4) is 0 Å². The van der Waals surface area contributed by atoms with Gasteiger partial charge in [-0.05, 0) is 142 Å². The van der Waals surface area contributed by atoms with E-state index in [4.69, 9.17) is 28.8 Å². The van der Waals surface area contributed by atoms with E-state index in [1.165, 1.54) is 99.8 Å². The SMILES string of the molecule is c1ccc(-c2ccc(-c3nc(-c4ccc(C5(c6ccc7c(c6)oc6ccccc67)c6ccccc6-c6ccccc65)cc4)nc4ccccc34)cc2)cc1.c1ccc2c(c1)-c1ccccc1C2(c1ccc(-c2nc(-c3ccc(-c4ccc5ccccc5c4)cc3)c3ccccc3n2)cc1)c1ccc2c(c1)oc1ccccc12. The molecule has 17 aromatic carbocycles. The maximum atomic E-state index is 6.50. The molecule has 6 heteroatoms. The maximum absolute atomic E-state index is 6.50. The topological polar surface area (TPSA) is 77.8 Å². The second-order valence-corrected chi connectivity index (χ2v) is 29.4. The lowest BCUT2D eigenvalue weighted by Crippen LogP contribution is -2.28. The summed E-state index contributed by atoms with van der Waals surface area (Å²) in [6.45, 7) is 0. The maximum Gasteiger partial charge on any atom is 0.160 e. The molecule has 0 fully saturated rings. The molecule has 0 radical (unpaired) electrons. The van der Waals surface area contributed by atoms with Gasteiger partial charge in [-0.1, -0.05) is 358 Å². The highest BCUT2D eigenvalue weighted by atomic mass is 16.3. The Morgan fingerprint density at radius 3 is 0.964 bits per heavy atom. The summed E-state index contributed by atoms with van der Waals surface area (Å²) in [5, 5.41) is 9.05. The van der Waals surface area contributed by atoms with Crippen molar-refractivity contribution in [2.45, 2.75) is 10.8 Å². The minimum absolute atomic E-state index is 0.561. The molecule has 4 heterocycles. The number of rotatable bonds is 10. The summed E-state index contributed by atoms with van der Waals surface area (Å²) < 4.78 is 13.0. The van der Waals surface area contributed by atoms with Crippen LogP contribution in [0, 0.1) is 0 Å². The van der Waals surface area contributed by atoms with E-state index in [2.05, 4.69) is 358 Å². The molecule has 112 heavy (non-hydrogen) atoms. The van der Waals surface area contributed by atoms with Crippen molar-refractivity contribution < 1.29 is 8.83 Å². The standard InChI is InChI=1S/C55H34N2O.C51H32N2O/c1-2-12-39-33-40(26-23-35(39)11-1)36-21-24-37(25-22-36)53-47-16-5-9-19-50(47)56-54(57-53)38-27-29-41(30-28-38)55(48-17-7-3-13-43(48)44-14-4-8-18-49(44)55)42-31-32-46-45-15-6-10-20-51(45)58-52(46)34-42;1-2-12-33(13-3-1)34-22-24-35(25-23-34)49-43-17-6-10-20-46(43)52-50(53-49)36-26-28-37(29-27-36)51(44-18-8-4-14-39(44)40-15-5-9-19-45(40)51)38-30-31-42-41-16-7-11-21-47(41)54-48(42)32-38/h1-34H;1-32H. The normalized spacial score (nSPS) is 13.0. The zero-order valence-corrected chi connectivity index (χ0v) is 60.7. The largest absolute Gasteiger partial charge is 0.456 e. The van der Waals surface area contributed by atoms with Crippen LogP contribution in [0.15, 0.2) is 409 Å². The monoisotopic (exact) mass is 1430 g/mol. The van der Waals surface area contributed by atoms with E-state index < -0.39 is 10.8 Å². The fraction of sp³-hybridized carbons (Fsp3) is 0.0189. The molecule has 21 aromatic rings. The molecule has 0 atom stereocenters. The summed E-state index contributed by atoms with van der Waals surface area (Å²) in [5.74, 6) is 1.40. The highest BCUT2D eigenvalue weighted by Crippen LogP contribution is 2.59. The van der Waals surface area contributed by atoms with Crippen LogP contribution in [0.25, 0.3) is 166 Å². The van der Waals surface area contributed by atoms with Gasteiger partial charge in [-0.2, -0.15) is 0 Å². The van der Waals surface area contributed by atoms with E-state index in [0.717, 1.165) is 99.3 Å². The fourth-order valence-corrected chi connectivity index (χ4v) is 18.2. The first-order valence-corrected chi connectivity index (χ1v) is 38.2. The summed E-state index contributed by atoms with van der Waals surface area (Å²) in [4.78, 5) is 20.8. The third kappa shape index (κ3) is 10.3. The quantitative estimate of drug-likeness (QED) is 0.136. The van der Waals surface area contributed by atoms with Crippen molar-refractivity contribution in [2.75, 3.05) is 0 Å². The lowest BCUT2D eigenvalue weighted by Gasteiger charge is -2.34. The molecule has 0 saturated carbocycles. The molecule has 0 aliphatic heterocycles. The van der Waals surface area contributed by atoms with Gasteiger partial charge in [0.15, 0.2) is 11.6 Å². The van der Waals surface area contributed by atoms with Gasteiger partial charge in [-0.25, -0.2) is 19.9 Å². The number of hydrogen-bond acceptors (Lipinski definition) is 6. The van der Waals surface area contributed by atoms with Gasteiger partial charge in [0, 0.05) is 54.6 Å². The Hall–Kier alpha value is -14.7. The van der Waals surface area contributed by atoms with Gasteiger partial charge < -0.3 is 8.83 Å². The molecule has 6 nitrogen and oxygen atoms in total. The van der Waals surface area contributed by atoms with E-state index in [-0.39, 0.29) is 0 Å². The summed E-state index contributed by atoms with van der Waals surface area (Å²) in [6, 6.07) is 143. The number of hydrogen-bond donors (Lipinski definition) is 0. The third-order valence-electron chi connectivity index (χ3n) is 23.4. The molecule has 2 aliphatic rings. The molecular formula is C106H66N4O2. The van der Waals surface area contributed by atoms with Crippen LogP contribution < -0.4 is 0 Å². The first kappa shape index (κ1) is 64.5. The second-order valence-electron chi connectivity index (χ2n) is 29.4. The van der Waals surface area contributed by atoms with Crippen LogP contribution in [0.5, 0.6) is 0 Å². The number of fused-ring (bicyclic) bond motifs is 15. The summed E-state index contributed by atoms with van der Waals surface area (Å²) in [5.41, 5.74) is 29.7. The predicted octanol–water partition coefficient (Wildman–Crippen LogP) is 26.9. The van der Waals surface area contributed by atoms with Crippen molar-refractivity contribution >= 4 is 76.5 Å². The van der Waals surface area contributed by atoms with Gasteiger partial charge in [-0.3, -0.25) is 0 Å². The van der Waals surface area contributed by atoms with Crippen molar-refractivity contribution in [1.29, 1.82) is 0 Å². The zero-order chi connectivity index (χ0) is 73.9. The Balaban J connectivity index is 0.000000138. The molecule has 4 aromatic heterocycles. The van der Waals surface area contributed by atoms with Crippen LogP contribution in [0.2, 0.25) is 0 Å². The van der Waals surface area contributed by atoms with E-state index in [1.807, 2.05) is 42.5 Å². The highest BCUT2D eigenvalue weighted by molar-refractivity contribution is 6.07. The first-order chi connectivity index (χ1) is 55.5. The number of furan rings is 2. The second kappa shape index (κ2) is 26.0. The lowest BCUT2D eigenvalue weighted by atomic mass is 9.67. The van der Waals surface area contributed by atoms with Gasteiger partial charge in [0.05, 0.1) is 33.3 Å². The predicted molar refractivity (Wildman–Crippen MR) is 458 cm³/mol. The fourth-order valence-electron chi connectivity index (χ4n) is 18.2. The number of para-hydroxylation sites is 4. The Morgan fingerprint density at radius 1 is 0.188 bits per heavy atom. The van der Waals surface area contributed by atoms with Crippen molar-refractivity contribution in [3.05, 3.63) is 445 Å². The Kier molecular flexibility index (Phi) is 15.0. The van der Waals surface area contributed by atoms with Crippen molar-refractivity contribution in [3.63, 3.8) is 0 Å². The lowest BCUT2D eigenvalue weighted by molar-refractivity contribution is 0.665. The molecule has 2 aliphatic carbocycles. The first-order valence-electron chi connectivity index (χ1n) is 38.2. The van der Waals surface area contributed by atoms with E-state index in [1.54, 1.807) is 0 Å². The van der Waals surface area contributed by atoms with Crippen molar-refractivity contribution in [1.82, 2.24) is 19.9 Å². The molecule has 0 amide bonds. The Bertz CT molecular complexity index is 7210. The van der Waals surface area contributed by atoms with Gasteiger partial charge in [-0.15, -0.1) is 0 Å². The van der Waals surface area contributed by atoms with Crippen LogP contribution >= 0.6 is 0 Å². The minimum Gasteiger partial charge on any atom is -0.456 e. The van der Waals surface area contributed by atoms with E-state index in [0.29, 0.717) is 11.6 Å². The third-order valence-corrected chi connectivity index (χ3v) is 23.4. The van der Waals surface area contributed by atoms with Gasteiger partial charge >= 0.3 is 0 Å². The van der Waals surface area contributed by atoms with Gasteiger partial charge in [0.25, 0.3) is 0 Å². The molecule has 0 bridgehead atoms. The van der Waals surface area contributed by atoms with Crippen molar-refractivity contribution in [2.24, 2.45) is 0 Å². The van der Waals surface area contributed by atoms with Gasteiger partial charge in [0.2, 0.25) is 0 Å². The molecule has 0 unspecified atom stereocenters. The molecular weight excluding hydrogens is 1360 g/mol. The summed E-state index contributed by atoms with van der Waals surface area (Å²) in [6.07, 6.45) is 0. The molecule has 23 rings (SSSR count). The average Bonchev–Trinajstić information content (AvgIpc) is 1.54. The Morgan fingerprint density at radius 2 is 0.509 bits per heavy atom. The van der Waals surface area contributed by atoms with Crippen LogP contribution in [0.4, 0.5) is 0 Å². The Labute approximate surface area is 646 Å². The smallest absolute Gasteiger partial charge is 0.160 e. The minimum atomic E-state index is -0.568. The van der Waals surface area contributed by atoms with Gasteiger partial charge in [0.1, 0.15) is 22.3 Å². The molecule has 0 N–H and O–H groups in total. The number of benzene rings is 17. The van der Waals surface area contributed by atoms with Crippen LogP contribution in [-0.2, 0) is 10.8 Å². The van der Waals surface area contributed by atoms with Crippen LogP contribution in [-0.4, -0.2) is 19.9 Å². The summed E-state index contributed by atoms with van der Waals surface area (Å²) >= 11 is 0. The van der Waals surface area contributed by atoms with E-state index in [9.17, 15) is 0 Å². The van der Waals surface area contributed by atoms with Crippen molar-refractivity contribution in [3.8, 4) is 89.8 Å². The molecule has 0 spiro atoms. The molecule has 0 saturated heterocycles. The number of nitrogens with zero attached hydrogens (tertiary/aromatic N) is 4. The summed E-state index contributed by atoms with van der Waals surface area (Å²) in [7, 11) is 0.